The quantitative estimate of drug-likeness (QED) is 0.317. The molecule has 1 N–H and O–H groups in total. The molecule has 0 saturated carbocycles. The Balaban J connectivity index is 1.87. The maximum absolute atomic E-state index is 13.5. The van der Waals surface area contributed by atoms with E-state index in [2.05, 4.69) is 10.3 Å². The molecule has 0 fully saturated rings. The highest BCUT2D eigenvalue weighted by atomic mass is 16.6. The molecule has 8 heteroatoms. The number of hydrogen-bond donors (Lipinski definition) is 1. The number of hydrogen-bond acceptors (Lipinski definition) is 6. The summed E-state index contributed by atoms with van der Waals surface area (Å²) < 4.78 is 10.6. The number of amides is 1. The van der Waals surface area contributed by atoms with Gasteiger partial charge in [-0.3, -0.25) is 19.9 Å². The van der Waals surface area contributed by atoms with Crippen molar-refractivity contribution in [1.29, 1.82) is 0 Å². The number of carbonyl (C=O) groups is 1. The van der Waals surface area contributed by atoms with Gasteiger partial charge in [-0.15, -0.1) is 0 Å². The van der Waals surface area contributed by atoms with Gasteiger partial charge in [-0.2, -0.15) is 0 Å². The van der Waals surface area contributed by atoms with E-state index in [0.29, 0.717) is 33.6 Å². The summed E-state index contributed by atoms with van der Waals surface area (Å²) in [7, 11) is 2.86. The summed E-state index contributed by atoms with van der Waals surface area (Å²) in [5.74, 6) is 0.156. The van der Waals surface area contributed by atoms with Crippen LogP contribution in [0.2, 0.25) is 0 Å². The third-order valence-corrected chi connectivity index (χ3v) is 5.37. The number of benzene rings is 3. The zero-order valence-corrected chi connectivity index (χ0v) is 18.3. The minimum atomic E-state index is -0.504. The molecule has 1 amide bonds. The molecule has 1 heterocycles. The fourth-order valence-electron chi connectivity index (χ4n) is 3.82. The molecule has 0 radical (unpaired) electrons. The van der Waals surface area contributed by atoms with Gasteiger partial charge in [-0.05, 0) is 30.7 Å². The van der Waals surface area contributed by atoms with Crippen LogP contribution in [-0.2, 0) is 0 Å². The Morgan fingerprint density at radius 1 is 0.970 bits per heavy atom. The summed E-state index contributed by atoms with van der Waals surface area (Å²) in [6.45, 7) is 1.78. The molecular weight excluding hydrogens is 422 g/mol. The summed E-state index contributed by atoms with van der Waals surface area (Å²) in [5, 5.41) is 15.7. The Labute approximate surface area is 189 Å². The van der Waals surface area contributed by atoms with Gasteiger partial charge in [0.25, 0.3) is 11.6 Å². The third-order valence-electron chi connectivity index (χ3n) is 5.37. The number of nitro groups is 1. The van der Waals surface area contributed by atoms with Gasteiger partial charge < -0.3 is 14.8 Å². The number of carbonyl (C=O) groups excluding carboxylic acids is 1. The van der Waals surface area contributed by atoms with Crippen molar-refractivity contribution >= 4 is 28.2 Å². The standard InChI is InChI=1S/C25H21N3O5/c1-15-7-4-10-17(18-13-21(32-2)22(33-3)14-20(18)28(30)31)23(15)25(29)27-19-11-5-8-16-9-6-12-26-24(16)19/h4-14H,1-3H3,(H,27,29). The number of aryl methyl sites for hydroxylation is 1. The highest BCUT2D eigenvalue weighted by Gasteiger charge is 2.25. The second kappa shape index (κ2) is 8.96. The minimum Gasteiger partial charge on any atom is -0.493 e. The van der Waals surface area contributed by atoms with Crippen molar-refractivity contribution < 1.29 is 19.2 Å². The number of ether oxygens (including phenoxy) is 2. The van der Waals surface area contributed by atoms with E-state index in [1.807, 2.05) is 24.3 Å². The van der Waals surface area contributed by atoms with Crippen molar-refractivity contribution in [1.82, 2.24) is 4.98 Å². The number of para-hydroxylation sites is 1. The molecule has 3 aromatic carbocycles. The zero-order valence-electron chi connectivity index (χ0n) is 18.3. The maximum atomic E-state index is 13.5. The lowest BCUT2D eigenvalue weighted by molar-refractivity contribution is -0.384. The molecule has 166 valence electrons. The van der Waals surface area contributed by atoms with E-state index < -0.39 is 10.8 Å². The Hall–Kier alpha value is -4.46. The van der Waals surface area contributed by atoms with Crippen LogP contribution >= 0.6 is 0 Å². The number of aromatic nitrogens is 1. The largest absolute Gasteiger partial charge is 0.493 e. The molecule has 4 rings (SSSR count). The monoisotopic (exact) mass is 443 g/mol. The van der Waals surface area contributed by atoms with Crippen LogP contribution in [0.4, 0.5) is 11.4 Å². The topological polar surface area (TPSA) is 104 Å². The van der Waals surface area contributed by atoms with Crippen molar-refractivity contribution in [2.24, 2.45) is 0 Å². The molecule has 33 heavy (non-hydrogen) atoms. The molecule has 0 unspecified atom stereocenters. The van der Waals surface area contributed by atoms with Crippen molar-refractivity contribution in [3.05, 3.63) is 88.1 Å². The predicted octanol–water partition coefficient (Wildman–Crippen LogP) is 5.39. The Bertz CT molecular complexity index is 1380. The molecule has 0 atom stereocenters. The predicted molar refractivity (Wildman–Crippen MR) is 126 cm³/mol. The summed E-state index contributed by atoms with van der Waals surface area (Å²) in [5.41, 5.74) is 2.66. The van der Waals surface area contributed by atoms with E-state index in [0.717, 1.165) is 5.39 Å². The minimum absolute atomic E-state index is 0.195. The van der Waals surface area contributed by atoms with Gasteiger partial charge in [-0.1, -0.05) is 36.4 Å². The molecule has 0 bridgehead atoms. The van der Waals surface area contributed by atoms with Crippen molar-refractivity contribution in [3.63, 3.8) is 0 Å². The second-order valence-corrected chi connectivity index (χ2v) is 7.31. The lowest BCUT2D eigenvalue weighted by Gasteiger charge is -2.16. The maximum Gasteiger partial charge on any atom is 0.281 e. The van der Waals surface area contributed by atoms with E-state index >= 15 is 0 Å². The molecule has 0 aliphatic carbocycles. The number of nitro benzene ring substituents is 1. The van der Waals surface area contributed by atoms with Crippen LogP contribution < -0.4 is 14.8 Å². The molecule has 0 aliphatic rings. The van der Waals surface area contributed by atoms with E-state index in [-0.39, 0.29) is 17.0 Å². The van der Waals surface area contributed by atoms with E-state index in [1.54, 1.807) is 37.4 Å². The average Bonchev–Trinajstić information content (AvgIpc) is 2.83. The molecule has 8 nitrogen and oxygen atoms in total. The van der Waals surface area contributed by atoms with Crippen LogP contribution in [0, 0.1) is 17.0 Å². The lowest BCUT2D eigenvalue weighted by atomic mass is 9.93. The van der Waals surface area contributed by atoms with Crippen LogP contribution in [-0.4, -0.2) is 30.0 Å². The second-order valence-electron chi connectivity index (χ2n) is 7.31. The SMILES string of the molecule is COc1cc(-c2cccc(C)c2C(=O)Nc2cccc3cccnc23)c([N+](=O)[O-])cc1OC. The number of nitrogens with zero attached hydrogens (tertiary/aromatic N) is 2. The normalized spacial score (nSPS) is 10.6. The molecule has 0 aliphatic heterocycles. The number of fused-ring (bicyclic) bond motifs is 1. The van der Waals surface area contributed by atoms with Gasteiger partial charge in [0.15, 0.2) is 11.5 Å². The molecule has 0 saturated heterocycles. The van der Waals surface area contributed by atoms with Crippen molar-refractivity contribution in [2.75, 3.05) is 19.5 Å². The van der Waals surface area contributed by atoms with Gasteiger partial charge in [0.1, 0.15) is 0 Å². The van der Waals surface area contributed by atoms with E-state index in [4.69, 9.17) is 9.47 Å². The lowest BCUT2D eigenvalue weighted by Crippen LogP contribution is -2.15. The zero-order chi connectivity index (χ0) is 23.5. The molecule has 4 aromatic rings. The molecular formula is C25H21N3O5. The van der Waals surface area contributed by atoms with Gasteiger partial charge >= 0.3 is 0 Å². The first kappa shape index (κ1) is 21.8. The number of methoxy groups -OCH3 is 2. The fraction of sp³-hybridized carbons (Fsp3) is 0.120. The number of rotatable bonds is 6. The van der Waals surface area contributed by atoms with Crippen LogP contribution in [0.15, 0.2) is 66.9 Å². The van der Waals surface area contributed by atoms with Crippen LogP contribution in [0.25, 0.3) is 22.0 Å². The summed E-state index contributed by atoms with van der Waals surface area (Å²) in [6, 6.07) is 17.3. The highest BCUT2D eigenvalue weighted by molar-refractivity contribution is 6.12. The summed E-state index contributed by atoms with van der Waals surface area (Å²) in [4.78, 5) is 29.2. The van der Waals surface area contributed by atoms with Crippen molar-refractivity contribution in [2.45, 2.75) is 6.92 Å². The molecule has 0 spiro atoms. The van der Waals surface area contributed by atoms with Gasteiger partial charge in [0, 0.05) is 17.1 Å². The Morgan fingerprint density at radius 3 is 2.39 bits per heavy atom. The van der Waals surface area contributed by atoms with Crippen LogP contribution in [0.3, 0.4) is 0 Å². The van der Waals surface area contributed by atoms with E-state index in [1.165, 1.54) is 26.4 Å². The first-order valence-corrected chi connectivity index (χ1v) is 10.1. The Morgan fingerprint density at radius 2 is 1.67 bits per heavy atom. The van der Waals surface area contributed by atoms with Crippen molar-refractivity contribution in [3.8, 4) is 22.6 Å². The van der Waals surface area contributed by atoms with E-state index in [9.17, 15) is 14.9 Å². The first-order chi connectivity index (χ1) is 15.9. The highest BCUT2D eigenvalue weighted by Crippen LogP contribution is 2.41. The van der Waals surface area contributed by atoms with Gasteiger partial charge in [0.2, 0.25) is 0 Å². The van der Waals surface area contributed by atoms with Crippen LogP contribution in [0.5, 0.6) is 11.5 Å². The molecule has 1 aromatic heterocycles. The van der Waals surface area contributed by atoms with Gasteiger partial charge in [-0.25, -0.2) is 0 Å². The Kier molecular flexibility index (Phi) is 5.91. The summed E-state index contributed by atoms with van der Waals surface area (Å²) in [6.07, 6.45) is 1.66. The smallest absolute Gasteiger partial charge is 0.281 e. The third kappa shape index (κ3) is 4.06. The first-order valence-electron chi connectivity index (χ1n) is 10.1. The number of anilines is 1. The average molecular weight is 443 g/mol. The number of pyridine rings is 1. The fourth-order valence-corrected chi connectivity index (χ4v) is 3.82. The van der Waals surface area contributed by atoms with Crippen LogP contribution in [0.1, 0.15) is 15.9 Å². The number of nitrogens with one attached hydrogen (secondary N) is 1. The van der Waals surface area contributed by atoms with Gasteiger partial charge in [0.05, 0.1) is 47.5 Å². The summed E-state index contributed by atoms with van der Waals surface area (Å²) >= 11 is 0.